The average Bonchev–Trinajstić information content (AvgIpc) is 3.24. The molecule has 0 aliphatic carbocycles. The lowest BCUT2D eigenvalue weighted by Crippen LogP contribution is -2.30. The van der Waals surface area contributed by atoms with Gasteiger partial charge in [0, 0.05) is 17.7 Å². The van der Waals surface area contributed by atoms with Crippen LogP contribution in [0.15, 0.2) is 35.0 Å². The number of carbonyl (C=O) groups excluding carboxylic acids is 3. The van der Waals surface area contributed by atoms with E-state index in [1.54, 1.807) is 12.1 Å². The van der Waals surface area contributed by atoms with E-state index in [1.165, 1.54) is 29.8 Å². The summed E-state index contributed by atoms with van der Waals surface area (Å²) < 4.78 is 4.67. The van der Waals surface area contributed by atoms with Gasteiger partial charge >= 0.3 is 5.97 Å². The molecule has 2 heterocycles. The third kappa shape index (κ3) is 5.30. The van der Waals surface area contributed by atoms with Gasteiger partial charge in [-0.15, -0.1) is 22.7 Å². The lowest BCUT2D eigenvalue weighted by molar-refractivity contribution is -0.141. The highest BCUT2D eigenvalue weighted by Gasteiger charge is 2.20. The van der Waals surface area contributed by atoms with Gasteiger partial charge in [-0.05, 0) is 22.9 Å². The lowest BCUT2D eigenvalue weighted by Gasteiger charge is -2.16. The third-order valence-electron chi connectivity index (χ3n) is 3.20. The normalized spacial score (nSPS) is 11.7. The number of ether oxygens (including phenoxy) is 1. The number of esters is 1. The van der Waals surface area contributed by atoms with Crippen LogP contribution >= 0.6 is 22.7 Å². The Morgan fingerprint density at radius 1 is 1.13 bits per heavy atom. The van der Waals surface area contributed by atoms with Crippen molar-refractivity contribution in [1.29, 1.82) is 0 Å². The van der Waals surface area contributed by atoms with Crippen molar-refractivity contribution in [2.45, 2.75) is 25.3 Å². The maximum absolute atomic E-state index is 12.1. The molecule has 23 heavy (non-hydrogen) atoms. The number of rotatable bonds is 8. The number of hydrogen-bond acceptors (Lipinski definition) is 6. The van der Waals surface area contributed by atoms with Gasteiger partial charge in [-0.25, -0.2) is 0 Å². The van der Waals surface area contributed by atoms with E-state index in [9.17, 15) is 14.4 Å². The van der Waals surface area contributed by atoms with Gasteiger partial charge in [-0.1, -0.05) is 12.1 Å². The fraction of sp³-hybridized carbons (Fsp3) is 0.312. The van der Waals surface area contributed by atoms with Crippen LogP contribution in [0, 0.1) is 0 Å². The molecule has 1 N–H and O–H groups in total. The van der Waals surface area contributed by atoms with E-state index >= 15 is 0 Å². The number of nitrogens with one attached hydrogen (secondary N) is 1. The molecule has 2 aromatic heterocycles. The van der Waals surface area contributed by atoms with Crippen LogP contribution in [0.5, 0.6) is 0 Å². The predicted molar refractivity (Wildman–Crippen MR) is 89.7 cm³/mol. The summed E-state index contributed by atoms with van der Waals surface area (Å²) in [4.78, 5) is 37.0. The monoisotopic (exact) mass is 351 g/mol. The average molecular weight is 351 g/mol. The van der Waals surface area contributed by atoms with Crippen molar-refractivity contribution in [1.82, 2.24) is 5.32 Å². The second-order valence-electron chi connectivity index (χ2n) is 4.82. The third-order valence-corrected chi connectivity index (χ3v) is 5.09. The number of Topliss-reactive ketones (excluding diaryl/α,β-unsaturated/α-hetero) is 1. The largest absolute Gasteiger partial charge is 0.469 e. The van der Waals surface area contributed by atoms with E-state index in [2.05, 4.69) is 10.1 Å². The Hall–Kier alpha value is -1.99. The van der Waals surface area contributed by atoms with Crippen molar-refractivity contribution in [3.05, 3.63) is 44.8 Å². The van der Waals surface area contributed by atoms with Crippen molar-refractivity contribution in [3.63, 3.8) is 0 Å². The standard InChI is InChI=1S/C16H17NO4S2/c1-21-16(20)10-11(13-4-2-8-22-13)17-15(19)7-6-12(18)14-5-3-9-23-14/h2-5,8-9,11H,6-7,10H2,1H3,(H,17,19). The molecule has 122 valence electrons. The van der Waals surface area contributed by atoms with Crippen LogP contribution in [0.1, 0.15) is 39.9 Å². The van der Waals surface area contributed by atoms with Crippen LogP contribution in [0.3, 0.4) is 0 Å². The Labute approximate surface area is 142 Å². The molecule has 0 saturated carbocycles. The van der Waals surface area contributed by atoms with E-state index in [1.807, 2.05) is 22.9 Å². The Morgan fingerprint density at radius 2 is 1.87 bits per heavy atom. The number of amides is 1. The van der Waals surface area contributed by atoms with Crippen molar-refractivity contribution in [3.8, 4) is 0 Å². The molecule has 0 radical (unpaired) electrons. The Balaban J connectivity index is 1.89. The van der Waals surface area contributed by atoms with Gasteiger partial charge in [0.1, 0.15) is 0 Å². The van der Waals surface area contributed by atoms with Crippen LogP contribution in [-0.4, -0.2) is 24.8 Å². The van der Waals surface area contributed by atoms with E-state index < -0.39 is 12.0 Å². The van der Waals surface area contributed by atoms with Gasteiger partial charge in [0.25, 0.3) is 0 Å². The van der Waals surface area contributed by atoms with Crippen LogP contribution in [-0.2, 0) is 14.3 Å². The summed E-state index contributed by atoms with van der Waals surface area (Å²) in [5, 5.41) is 6.52. The first-order valence-corrected chi connectivity index (χ1v) is 8.82. The first-order chi connectivity index (χ1) is 11.1. The molecular weight excluding hydrogens is 334 g/mol. The minimum Gasteiger partial charge on any atom is -0.469 e. The Kier molecular flexibility index (Phi) is 6.49. The number of thiophene rings is 2. The molecule has 1 amide bonds. The van der Waals surface area contributed by atoms with E-state index in [-0.39, 0.29) is 31.0 Å². The zero-order chi connectivity index (χ0) is 16.7. The quantitative estimate of drug-likeness (QED) is 0.585. The molecule has 0 saturated heterocycles. The molecule has 2 aromatic rings. The summed E-state index contributed by atoms with van der Waals surface area (Å²) in [6.07, 6.45) is 0.323. The van der Waals surface area contributed by atoms with Crippen LogP contribution in [0.4, 0.5) is 0 Å². The molecule has 1 unspecified atom stereocenters. The van der Waals surface area contributed by atoms with Gasteiger partial charge < -0.3 is 10.1 Å². The number of hydrogen-bond donors (Lipinski definition) is 1. The zero-order valence-electron chi connectivity index (χ0n) is 12.6. The topological polar surface area (TPSA) is 72.5 Å². The van der Waals surface area contributed by atoms with Crippen LogP contribution in [0.25, 0.3) is 0 Å². The molecule has 0 aromatic carbocycles. The van der Waals surface area contributed by atoms with Crippen molar-refractivity contribution >= 4 is 40.3 Å². The summed E-state index contributed by atoms with van der Waals surface area (Å²) in [6.45, 7) is 0. The lowest BCUT2D eigenvalue weighted by atomic mass is 10.1. The number of methoxy groups -OCH3 is 1. The fourth-order valence-electron chi connectivity index (χ4n) is 2.02. The van der Waals surface area contributed by atoms with Gasteiger partial charge in [0.2, 0.25) is 5.91 Å². The van der Waals surface area contributed by atoms with E-state index in [4.69, 9.17) is 0 Å². The fourth-order valence-corrected chi connectivity index (χ4v) is 3.49. The molecule has 0 aliphatic rings. The highest BCUT2D eigenvalue weighted by atomic mass is 32.1. The summed E-state index contributed by atoms with van der Waals surface area (Å²) in [6, 6.07) is 6.84. The van der Waals surface area contributed by atoms with Gasteiger partial charge in [0.15, 0.2) is 5.78 Å². The molecule has 1 atom stereocenters. The maximum atomic E-state index is 12.1. The highest BCUT2D eigenvalue weighted by molar-refractivity contribution is 7.12. The summed E-state index contributed by atoms with van der Waals surface area (Å²) >= 11 is 2.83. The summed E-state index contributed by atoms with van der Waals surface area (Å²) in [7, 11) is 1.31. The maximum Gasteiger partial charge on any atom is 0.307 e. The molecule has 0 aliphatic heterocycles. The Morgan fingerprint density at radius 3 is 2.48 bits per heavy atom. The first-order valence-electron chi connectivity index (χ1n) is 7.06. The molecule has 5 nitrogen and oxygen atoms in total. The molecule has 0 spiro atoms. The summed E-state index contributed by atoms with van der Waals surface area (Å²) in [5.74, 6) is -0.689. The van der Waals surface area contributed by atoms with Crippen LogP contribution < -0.4 is 5.32 Å². The Bertz CT molecular complexity index is 650. The minimum absolute atomic E-state index is 0.0456. The molecule has 7 heteroatoms. The van der Waals surface area contributed by atoms with Gasteiger partial charge in [-0.2, -0.15) is 0 Å². The highest BCUT2D eigenvalue weighted by Crippen LogP contribution is 2.23. The van der Waals surface area contributed by atoms with Crippen LogP contribution in [0.2, 0.25) is 0 Å². The SMILES string of the molecule is COC(=O)CC(NC(=O)CCC(=O)c1cccs1)c1cccs1. The predicted octanol–water partition coefficient (Wildman–Crippen LogP) is 3.19. The van der Waals surface area contributed by atoms with Gasteiger partial charge in [-0.3, -0.25) is 14.4 Å². The van der Waals surface area contributed by atoms with Crippen molar-refractivity contribution in [2.75, 3.05) is 7.11 Å². The number of carbonyl (C=O) groups is 3. The molecular formula is C16H17NO4S2. The smallest absolute Gasteiger partial charge is 0.307 e. The minimum atomic E-state index is -0.424. The number of ketones is 1. The molecule has 0 bridgehead atoms. The van der Waals surface area contributed by atoms with E-state index in [0.717, 1.165) is 4.88 Å². The molecule has 0 fully saturated rings. The second kappa shape index (κ2) is 8.59. The van der Waals surface area contributed by atoms with Crippen molar-refractivity contribution in [2.24, 2.45) is 0 Å². The second-order valence-corrected chi connectivity index (χ2v) is 6.74. The summed E-state index contributed by atoms with van der Waals surface area (Å²) in [5.41, 5.74) is 0. The zero-order valence-corrected chi connectivity index (χ0v) is 14.2. The molecule has 2 rings (SSSR count). The van der Waals surface area contributed by atoms with Crippen molar-refractivity contribution < 1.29 is 19.1 Å². The van der Waals surface area contributed by atoms with Gasteiger partial charge in [0.05, 0.1) is 24.4 Å². The van der Waals surface area contributed by atoms with E-state index in [0.29, 0.717) is 4.88 Å². The first kappa shape index (κ1) is 17.4.